The number of Topliss-reactive ketones (excluding diaryl/α,β-unsaturated/α-hetero) is 1. The number of nitrogens with one attached hydrogen (secondary N) is 1. The van der Waals surface area contributed by atoms with E-state index in [2.05, 4.69) is 10.1 Å². The fraction of sp³-hybridized carbons (Fsp3) is 0.346. The van der Waals surface area contributed by atoms with Crippen LogP contribution < -0.4 is 15.8 Å². The number of amides is 1. The minimum Gasteiger partial charge on any atom is -0.437 e. The fourth-order valence-corrected chi connectivity index (χ4v) is 3.34. The van der Waals surface area contributed by atoms with Crippen molar-refractivity contribution in [3.8, 4) is 5.75 Å². The molecule has 0 saturated carbocycles. The third kappa shape index (κ3) is 6.01. The van der Waals surface area contributed by atoms with Crippen molar-refractivity contribution in [1.29, 1.82) is 0 Å². The summed E-state index contributed by atoms with van der Waals surface area (Å²) in [6, 6.07) is 8.68. The molecule has 0 atom stereocenters. The lowest BCUT2D eigenvalue weighted by Gasteiger charge is -2.29. The number of nitrogens with two attached hydrogens (primary N) is 1. The minimum atomic E-state index is -0.913. The van der Waals surface area contributed by atoms with Crippen LogP contribution in [0.5, 0.6) is 5.75 Å². The first-order valence-corrected chi connectivity index (χ1v) is 10.7. The van der Waals surface area contributed by atoms with Crippen LogP contribution in [0.15, 0.2) is 48.2 Å². The zero-order chi connectivity index (χ0) is 25.8. The van der Waals surface area contributed by atoms with E-state index in [0.717, 1.165) is 23.4 Å². The van der Waals surface area contributed by atoms with Crippen molar-refractivity contribution >= 4 is 23.5 Å². The van der Waals surface area contributed by atoms with Crippen LogP contribution in [0.2, 0.25) is 0 Å². The highest BCUT2D eigenvalue weighted by atomic mass is 19.1. The van der Waals surface area contributed by atoms with E-state index in [1.54, 1.807) is 0 Å². The second kappa shape index (κ2) is 10.1. The van der Waals surface area contributed by atoms with E-state index in [1.165, 1.54) is 31.4 Å². The Morgan fingerprint density at radius 3 is 2.06 bits per heavy atom. The van der Waals surface area contributed by atoms with E-state index in [0.29, 0.717) is 5.69 Å². The number of benzene rings is 2. The first-order chi connectivity index (χ1) is 15.7. The summed E-state index contributed by atoms with van der Waals surface area (Å²) in [5.74, 6) is -2.25. The Morgan fingerprint density at radius 2 is 1.56 bits per heavy atom. The van der Waals surface area contributed by atoms with Crippen molar-refractivity contribution in [3.63, 3.8) is 0 Å². The predicted octanol–water partition coefficient (Wildman–Crippen LogP) is 5.23. The van der Waals surface area contributed by atoms with Crippen molar-refractivity contribution in [3.05, 3.63) is 70.7 Å². The summed E-state index contributed by atoms with van der Waals surface area (Å²) in [5, 5.41) is 2.69. The van der Waals surface area contributed by atoms with Gasteiger partial charge < -0.3 is 20.5 Å². The Morgan fingerprint density at radius 1 is 0.971 bits per heavy atom. The van der Waals surface area contributed by atoms with Gasteiger partial charge in [-0.15, -0.1) is 0 Å². The molecule has 3 N–H and O–H groups in total. The molecule has 7 nitrogen and oxygen atoms in total. The Bertz CT molecular complexity index is 1140. The standard InChI is InChI=1S/C26H31FN2O5/c1-25(2,3)17-12-18(26(4,5)6)21(34-24(32)33-7)13-20(17)29-23(31)16(14-28)22(30)15-10-8-9-11-19(15)27/h8-14H,28H2,1-7H3,(H,29,31)/b16-14-. The fourth-order valence-electron chi connectivity index (χ4n) is 3.34. The van der Waals surface area contributed by atoms with Crippen LogP contribution >= 0.6 is 0 Å². The van der Waals surface area contributed by atoms with Crippen LogP contribution in [-0.2, 0) is 20.4 Å². The number of carbonyl (C=O) groups is 3. The molecule has 0 aliphatic heterocycles. The molecule has 0 unspecified atom stereocenters. The van der Waals surface area contributed by atoms with Gasteiger partial charge in [-0.3, -0.25) is 9.59 Å². The Hall–Kier alpha value is -3.68. The zero-order valence-corrected chi connectivity index (χ0v) is 20.5. The van der Waals surface area contributed by atoms with E-state index in [4.69, 9.17) is 10.5 Å². The summed E-state index contributed by atoms with van der Waals surface area (Å²) in [7, 11) is 1.19. The molecule has 0 saturated heterocycles. The van der Waals surface area contributed by atoms with Crippen LogP contribution in [0.3, 0.4) is 0 Å². The number of hydrogen-bond donors (Lipinski definition) is 2. The molecule has 182 valence electrons. The number of methoxy groups -OCH3 is 1. The minimum absolute atomic E-state index is 0.196. The molecule has 0 radical (unpaired) electrons. The molecule has 0 fully saturated rings. The molecule has 8 heteroatoms. The van der Waals surface area contributed by atoms with Gasteiger partial charge >= 0.3 is 6.16 Å². The maximum atomic E-state index is 14.1. The number of carbonyl (C=O) groups excluding carboxylic acids is 3. The predicted molar refractivity (Wildman–Crippen MR) is 129 cm³/mol. The topological polar surface area (TPSA) is 108 Å². The normalized spacial score (nSPS) is 12.2. The molecule has 2 aromatic rings. The SMILES string of the molecule is COC(=O)Oc1cc(NC(=O)/C(=C\N)C(=O)c2ccccc2F)c(C(C)(C)C)cc1C(C)(C)C. The molecule has 0 bridgehead atoms. The molecule has 1 amide bonds. The number of hydrogen-bond acceptors (Lipinski definition) is 6. The van der Waals surface area contributed by atoms with Crippen molar-refractivity contribution in [1.82, 2.24) is 0 Å². The van der Waals surface area contributed by atoms with Crippen LogP contribution in [-0.4, -0.2) is 25.0 Å². The van der Waals surface area contributed by atoms with E-state index >= 15 is 0 Å². The smallest absolute Gasteiger partial charge is 0.437 e. The van der Waals surface area contributed by atoms with Gasteiger partial charge in [-0.1, -0.05) is 53.7 Å². The number of halogens is 1. The molecule has 0 aliphatic rings. The van der Waals surface area contributed by atoms with Crippen molar-refractivity contribution < 1.29 is 28.2 Å². The average molecular weight is 471 g/mol. The van der Waals surface area contributed by atoms with Gasteiger partial charge in [0.1, 0.15) is 17.1 Å². The molecule has 2 aromatic carbocycles. The molecule has 0 aromatic heterocycles. The average Bonchev–Trinajstić information content (AvgIpc) is 2.72. The van der Waals surface area contributed by atoms with Gasteiger partial charge in [-0.25, -0.2) is 9.18 Å². The lowest BCUT2D eigenvalue weighted by molar-refractivity contribution is -0.112. The molecule has 0 aliphatic carbocycles. The van der Waals surface area contributed by atoms with Crippen LogP contribution in [0, 0.1) is 5.82 Å². The van der Waals surface area contributed by atoms with Crippen molar-refractivity contribution in [2.75, 3.05) is 12.4 Å². The quantitative estimate of drug-likeness (QED) is 0.155. The number of anilines is 1. The van der Waals surface area contributed by atoms with Gasteiger partial charge in [0, 0.05) is 23.5 Å². The number of ketones is 1. The molecule has 0 spiro atoms. The van der Waals surface area contributed by atoms with Gasteiger partial charge in [-0.05, 0) is 34.6 Å². The first-order valence-electron chi connectivity index (χ1n) is 10.7. The Labute approximate surface area is 199 Å². The van der Waals surface area contributed by atoms with Crippen molar-refractivity contribution in [2.45, 2.75) is 52.4 Å². The monoisotopic (exact) mass is 470 g/mol. The van der Waals surface area contributed by atoms with E-state index in [-0.39, 0.29) is 11.3 Å². The number of ether oxygens (including phenoxy) is 2. The van der Waals surface area contributed by atoms with Gasteiger partial charge in [0.05, 0.1) is 12.7 Å². The Balaban J connectivity index is 2.59. The molecular formula is C26H31FN2O5. The summed E-state index contributed by atoms with van der Waals surface area (Å²) in [6.45, 7) is 11.7. The van der Waals surface area contributed by atoms with Gasteiger partial charge in [0.15, 0.2) is 0 Å². The first kappa shape index (κ1) is 26.6. The van der Waals surface area contributed by atoms with E-state index < -0.39 is 40.1 Å². The third-order valence-electron chi connectivity index (χ3n) is 5.12. The zero-order valence-electron chi connectivity index (χ0n) is 20.5. The lowest BCUT2D eigenvalue weighted by Crippen LogP contribution is -2.26. The molecule has 34 heavy (non-hydrogen) atoms. The summed E-state index contributed by atoms with van der Waals surface area (Å²) >= 11 is 0. The van der Waals surface area contributed by atoms with Crippen molar-refractivity contribution in [2.24, 2.45) is 5.73 Å². The largest absolute Gasteiger partial charge is 0.513 e. The lowest BCUT2D eigenvalue weighted by atomic mass is 9.79. The second-order valence-electron chi connectivity index (χ2n) is 9.79. The number of rotatable bonds is 5. The van der Waals surface area contributed by atoms with Crippen LogP contribution in [0.25, 0.3) is 0 Å². The highest BCUT2D eigenvalue weighted by molar-refractivity contribution is 6.28. The summed E-state index contributed by atoms with van der Waals surface area (Å²) in [5.41, 5.74) is 5.80. The van der Waals surface area contributed by atoms with Gasteiger partial charge in [0.2, 0.25) is 5.78 Å². The second-order valence-corrected chi connectivity index (χ2v) is 9.79. The van der Waals surface area contributed by atoms with Gasteiger partial charge in [0.25, 0.3) is 5.91 Å². The summed E-state index contributed by atoms with van der Waals surface area (Å²) < 4.78 is 24.1. The molecule has 0 heterocycles. The van der Waals surface area contributed by atoms with E-state index in [1.807, 2.05) is 47.6 Å². The summed E-state index contributed by atoms with van der Waals surface area (Å²) in [6.07, 6.45) is -0.0699. The Kier molecular flexibility index (Phi) is 7.87. The highest BCUT2D eigenvalue weighted by Gasteiger charge is 2.29. The third-order valence-corrected chi connectivity index (χ3v) is 5.12. The van der Waals surface area contributed by atoms with Crippen LogP contribution in [0.4, 0.5) is 14.9 Å². The van der Waals surface area contributed by atoms with E-state index in [9.17, 15) is 18.8 Å². The summed E-state index contributed by atoms with van der Waals surface area (Å²) in [4.78, 5) is 37.8. The molecular weight excluding hydrogens is 439 g/mol. The van der Waals surface area contributed by atoms with Crippen LogP contribution in [0.1, 0.15) is 63.0 Å². The maximum absolute atomic E-state index is 14.1. The molecule has 2 rings (SSSR count). The van der Waals surface area contributed by atoms with Gasteiger partial charge in [-0.2, -0.15) is 0 Å². The maximum Gasteiger partial charge on any atom is 0.513 e. The highest BCUT2D eigenvalue weighted by Crippen LogP contribution is 2.40.